The van der Waals surface area contributed by atoms with Crippen LogP contribution < -0.4 is 0 Å². The summed E-state index contributed by atoms with van der Waals surface area (Å²) in [4.78, 5) is 0. The molecule has 0 aromatic carbocycles. The summed E-state index contributed by atoms with van der Waals surface area (Å²) in [5, 5.41) is 6.71. The van der Waals surface area contributed by atoms with Crippen LogP contribution in [0.2, 0.25) is 0 Å². The molecule has 0 aliphatic heterocycles. The molecular weight excluding hydrogens is 275 g/mol. The average molecular weight is 293 g/mol. The van der Waals surface area contributed by atoms with Crippen molar-refractivity contribution < 1.29 is 13.2 Å². The molecule has 2 unspecified atom stereocenters. The topological polar surface area (TPSA) is 33.6 Å². The van der Waals surface area contributed by atoms with E-state index < -0.39 is 18.0 Å². The summed E-state index contributed by atoms with van der Waals surface area (Å²) in [7, 11) is 0. The highest BCUT2D eigenvalue weighted by Crippen LogP contribution is 2.45. The van der Waals surface area contributed by atoms with E-state index in [9.17, 15) is 13.2 Å². The molecule has 1 aromatic rings. The second-order valence-corrected chi connectivity index (χ2v) is 5.46. The van der Waals surface area contributed by atoms with Crippen molar-refractivity contribution in [1.82, 2.24) is 14.8 Å². The van der Waals surface area contributed by atoms with Crippen molar-refractivity contribution in [3.05, 3.63) is 10.6 Å². The Hall–Kier alpha value is -0.850. The maximum absolute atomic E-state index is 13.1. The minimum Gasteiger partial charge on any atom is -0.304 e. The number of alkyl halides is 3. The quantitative estimate of drug-likeness (QED) is 0.848. The van der Waals surface area contributed by atoms with E-state index in [0.717, 1.165) is 12.8 Å². The van der Waals surface area contributed by atoms with Crippen molar-refractivity contribution in [2.24, 2.45) is 5.92 Å². The average Bonchev–Trinajstić information content (AvgIpc) is 2.71. The molecule has 19 heavy (non-hydrogen) atoms. The number of hydrogen-bond acceptors (Lipinski definition) is 2. The molecule has 1 heterocycles. The molecule has 0 bridgehead atoms. The van der Waals surface area contributed by atoms with Gasteiger partial charge in [0.25, 0.3) is 0 Å². The van der Waals surface area contributed by atoms with Gasteiger partial charge in [0.1, 0.15) is 5.82 Å². The zero-order valence-electron chi connectivity index (χ0n) is 10.8. The monoisotopic (exact) mass is 293 g/mol. The van der Waals surface area contributed by atoms with Crippen LogP contribution in [-0.4, -0.2) is 20.9 Å². The maximum atomic E-state index is 13.1. The van der Waals surface area contributed by atoms with Crippen molar-refractivity contribution in [2.75, 3.05) is 0 Å². The first-order chi connectivity index (χ1) is 8.95. The van der Waals surface area contributed by atoms with Gasteiger partial charge < -0.3 is 4.57 Å². The van der Waals surface area contributed by atoms with Gasteiger partial charge in [-0.3, -0.25) is 5.10 Å². The van der Waals surface area contributed by atoms with Crippen LogP contribution in [0.1, 0.15) is 50.8 Å². The summed E-state index contributed by atoms with van der Waals surface area (Å²) in [5.74, 6) is -1.37. The fourth-order valence-corrected chi connectivity index (χ4v) is 3.11. The van der Waals surface area contributed by atoms with Crippen molar-refractivity contribution in [1.29, 1.82) is 0 Å². The second kappa shape index (κ2) is 5.64. The normalized spacial score (nSPS) is 24.6. The standard InChI is InChI=1S/C12H18F3N3S/c1-2-7-18-10(16-17-11(18)19)8-5-3-4-6-9(8)12(13,14)15/h8-9H,2-7H2,1H3,(H,17,19). The number of halogens is 3. The molecule has 108 valence electrons. The molecule has 0 saturated heterocycles. The smallest absolute Gasteiger partial charge is 0.304 e. The zero-order valence-corrected chi connectivity index (χ0v) is 11.7. The number of aromatic amines is 1. The van der Waals surface area contributed by atoms with E-state index in [4.69, 9.17) is 12.2 Å². The Morgan fingerprint density at radius 2 is 2.05 bits per heavy atom. The Balaban J connectivity index is 2.35. The van der Waals surface area contributed by atoms with E-state index in [1.165, 1.54) is 0 Å². The van der Waals surface area contributed by atoms with Crippen LogP contribution in [0, 0.1) is 10.7 Å². The van der Waals surface area contributed by atoms with Crippen molar-refractivity contribution in [3.8, 4) is 0 Å². The third-order valence-corrected chi connectivity index (χ3v) is 4.06. The van der Waals surface area contributed by atoms with Gasteiger partial charge in [-0.05, 0) is 31.5 Å². The van der Waals surface area contributed by atoms with E-state index in [2.05, 4.69) is 10.2 Å². The van der Waals surface area contributed by atoms with E-state index in [0.29, 0.717) is 30.0 Å². The van der Waals surface area contributed by atoms with Gasteiger partial charge in [0.15, 0.2) is 4.77 Å². The molecule has 1 fully saturated rings. The third kappa shape index (κ3) is 3.01. The molecule has 3 nitrogen and oxygen atoms in total. The Morgan fingerprint density at radius 3 is 2.68 bits per heavy atom. The summed E-state index contributed by atoms with van der Waals surface area (Å²) >= 11 is 5.10. The first-order valence-electron chi connectivity index (χ1n) is 6.67. The number of H-pyrrole nitrogens is 1. The zero-order chi connectivity index (χ0) is 14.0. The molecule has 0 amide bonds. The number of rotatable bonds is 3. The predicted molar refractivity (Wildman–Crippen MR) is 68.5 cm³/mol. The van der Waals surface area contributed by atoms with E-state index in [1.54, 1.807) is 4.57 Å². The fraction of sp³-hybridized carbons (Fsp3) is 0.833. The molecule has 2 rings (SSSR count). The highest BCUT2D eigenvalue weighted by atomic mass is 32.1. The van der Waals surface area contributed by atoms with Gasteiger partial charge in [-0.2, -0.15) is 18.3 Å². The summed E-state index contributed by atoms with van der Waals surface area (Å²) in [5.41, 5.74) is 0. The molecule has 2 atom stereocenters. The van der Waals surface area contributed by atoms with Gasteiger partial charge in [0.05, 0.1) is 5.92 Å². The lowest BCUT2D eigenvalue weighted by atomic mass is 9.78. The molecule has 7 heteroatoms. The van der Waals surface area contributed by atoms with Gasteiger partial charge in [0.2, 0.25) is 0 Å². The molecular formula is C12H18F3N3S. The summed E-state index contributed by atoms with van der Waals surface area (Å²) in [6, 6.07) is 0. The minimum atomic E-state index is -4.16. The number of hydrogen-bond donors (Lipinski definition) is 1. The largest absolute Gasteiger partial charge is 0.392 e. The van der Waals surface area contributed by atoms with E-state index >= 15 is 0 Å². The van der Waals surface area contributed by atoms with Gasteiger partial charge in [-0.1, -0.05) is 19.8 Å². The minimum absolute atomic E-state index is 0.194. The third-order valence-electron chi connectivity index (χ3n) is 3.75. The van der Waals surface area contributed by atoms with Crippen LogP contribution in [0.5, 0.6) is 0 Å². The van der Waals surface area contributed by atoms with Gasteiger partial charge >= 0.3 is 6.18 Å². The van der Waals surface area contributed by atoms with Crippen molar-refractivity contribution in [2.45, 2.75) is 57.7 Å². The second-order valence-electron chi connectivity index (χ2n) is 5.08. The van der Waals surface area contributed by atoms with Gasteiger partial charge in [0, 0.05) is 12.5 Å². The molecule has 0 spiro atoms. The van der Waals surface area contributed by atoms with Crippen LogP contribution in [0.15, 0.2) is 0 Å². The Bertz CT molecular complexity index is 477. The first-order valence-corrected chi connectivity index (χ1v) is 7.07. The van der Waals surface area contributed by atoms with Crippen LogP contribution in [0.4, 0.5) is 13.2 Å². The maximum Gasteiger partial charge on any atom is 0.392 e. The van der Waals surface area contributed by atoms with Crippen molar-refractivity contribution in [3.63, 3.8) is 0 Å². The predicted octanol–water partition coefficient (Wildman–Crippen LogP) is 4.19. The molecule has 1 N–H and O–H groups in total. The highest BCUT2D eigenvalue weighted by molar-refractivity contribution is 7.71. The SMILES string of the molecule is CCCn1c(C2CCCCC2C(F)(F)F)n[nH]c1=S. The number of aromatic nitrogens is 3. The Morgan fingerprint density at radius 1 is 1.37 bits per heavy atom. The molecule has 0 radical (unpaired) electrons. The fourth-order valence-electron chi connectivity index (χ4n) is 2.88. The molecule has 1 aliphatic rings. The summed E-state index contributed by atoms with van der Waals surface area (Å²) < 4.78 is 41.5. The van der Waals surface area contributed by atoms with Crippen LogP contribution >= 0.6 is 12.2 Å². The van der Waals surface area contributed by atoms with E-state index in [-0.39, 0.29) is 6.42 Å². The molecule has 1 saturated carbocycles. The van der Waals surface area contributed by atoms with Gasteiger partial charge in [-0.15, -0.1) is 0 Å². The van der Waals surface area contributed by atoms with Crippen molar-refractivity contribution >= 4 is 12.2 Å². The van der Waals surface area contributed by atoms with E-state index in [1.807, 2.05) is 6.92 Å². The Labute approximate surface area is 115 Å². The summed E-state index contributed by atoms with van der Waals surface area (Å²) in [6.07, 6.45) is -1.14. The number of nitrogens with zero attached hydrogens (tertiary/aromatic N) is 2. The van der Waals surface area contributed by atoms with Gasteiger partial charge in [-0.25, -0.2) is 0 Å². The lowest BCUT2D eigenvalue weighted by Crippen LogP contribution is -2.33. The highest BCUT2D eigenvalue weighted by Gasteiger charge is 2.47. The lowest BCUT2D eigenvalue weighted by molar-refractivity contribution is -0.188. The molecule has 1 aliphatic carbocycles. The Kier molecular flexibility index (Phi) is 4.32. The van der Waals surface area contributed by atoms with Crippen LogP contribution in [0.25, 0.3) is 0 Å². The molecule has 1 aromatic heterocycles. The summed E-state index contributed by atoms with van der Waals surface area (Å²) in [6.45, 7) is 2.59. The lowest BCUT2D eigenvalue weighted by Gasteiger charge is -2.32. The van der Waals surface area contributed by atoms with Crippen LogP contribution in [-0.2, 0) is 6.54 Å². The van der Waals surface area contributed by atoms with Crippen LogP contribution in [0.3, 0.4) is 0 Å². The first kappa shape index (κ1) is 14.6. The number of nitrogens with one attached hydrogen (secondary N) is 1.